The lowest BCUT2D eigenvalue weighted by Gasteiger charge is -2.03. The summed E-state index contributed by atoms with van der Waals surface area (Å²) < 4.78 is 1.65. The number of hydrogen-bond acceptors (Lipinski definition) is 8. The van der Waals surface area contributed by atoms with Crippen LogP contribution in [0.15, 0.2) is 20.0 Å². The van der Waals surface area contributed by atoms with Crippen LogP contribution < -0.4 is 0 Å². The zero-order chi connectivity index (χ0) is 12.3. The molecule has 0 aliphatic rings. The molecule has 0 atom stereocenters. The summed E-state index contributed by atoms with van der Waals surface area (Å²) in [5, 5.41) is 18.1. The molecule has 0 bridgehead atoms. The predicted molar refractivity (Wildman–Crippen MR) is 68.8 cm³/mol. The van der Waals surface area contributed by atoms with Crippen molar-refractivity contribution in [2.24, 2.45) is 0 Å². The average molecular weight is 307 g/mol. The highest BCUT2D eigenvalue weighted by Crippen LogP contribution is 2.34. The van der Waals surface area contributed by atoms with Gasteiger partial charge in [-0.3, -0.25) is 0 Å². The van der Waals surface area contributed by atoms with Crippen LogP contribution in [0.25, 0.3) is 0 Å². The quantitative estimate of drug-likeness (QED) is 0.686. The van der Waals surface area contributed by atoms with Crippen LogP contribution in [-0.2, 0) is 6.61 Å². The number of nitrogens with zero attached hydrogens (tertiary/aromatic N) is 4. The lowest BCUT2D eigenvalue weighted by Crippen LogP contribution is -1.95. The zero-order valence-corrected chi connectivity index (χ0v) is 11.8. The van der Waals surface area contributed by atoms with Gasteiger partial charge in [0.05, 0.1) is 6.61 Å². The minimum absolute atomic E-state index is 0.198. The fourth-order valence-electron chi connectivity index (χ4n) is 1.00. The molecule has 0 unspecified atom stereocenters. The monoisotopic (exact) mass is 306 g/mol. The van der Waals surface area contributed by atoms with Gasteiger partial charge in [0.1, 0.15) is 16.5 Å². The number of aliphatic hydroxyl groups is 1. The number of rotatable bonds is 4. The van der Waals surface area contributed by atoms with Crippen LogP contribution in [-0.4, -0.2) is 31.5 Å². The van der Waals surface area contributed by atoms with Crippen LogP contribution in [0.5, 0.6) is 0 Å². The van der Waals surface area contributed by atoms with Gasteiger partial charge in [0.15, 0.2) is 8.68 Å². The van der Waals surface area contributed by atoms with Gasteiger partial charge in [-0.25, -0.2) is 9.97 Å². The van der Waals surface area contributed by atoms with Gasteiger partial charge >= 0.3 is 0 Å². The Hall–Kier alpha value is -0.410. The maximum absolute atomic E-state index is 9.21. The van der Waals surface area contributed by atoms with Crippen LogP contribution in [0.3, 0.4) is 0 Å². The lowest BCUT2D eigenvalue weighted by atomic mass is 10.4. The Morgan fingerprint density at radius 2 is 2.12 bits per heavy atom. The van der Waals surface area contributed by atoms with Gasteiger partial charge in [-0.1, -0.05) is 34.7 Å². The SMILES string of the molecule is CSc1nnc(Sc2ncnc(Cl)c2CO)s1. The summed E-state index contributed by atoms with van der Waals surface area (Å²) in [6, 6.07) is 0. The van der Waals surface area contributed by atoms with Gasteiger partial charge in [-0.2, -0.15) is 0 Å². The molecule has 0 fully saturated rings. The minimum atomic E-state index is -0.198. The number of aliphatic hydroxyl groups excluding tert-OH is 1. The molecular formula is C8H7ClN4OS3. The molecule has 5 nitrogen and oxygen atoms in total. The fraction of sp³-hybridized carbons (Fsp3) is 0.250. The molecule has 0 amide bonds. The van der Waals surface area contributed by atoms with Crippen molar-refractivity contribution in [2.75, 3.05) is 6.26 Å². The van der Waals surface area contributed by atoms with Crippen molar-refractivity contribution in [2.45, 2.75) is 20.3 Å². The van der Waals surface area contributed by atoms with Crippen LogP contribution in [0.4, 0.5) is 0 Å². The summed E-state index contributed by atoms with van der Waals surface area (Å²) >= 11 is 10.2. The summed E-state index contributed by atoms with van der Waals surface area (Å²) in [4.78, 5) is 7.90. The maximum atomic E-state index is 9.21. The normalized spacial score (nSPS) is 10.8. The van der Waals surface area contributed by atoms with Crippen molar-refractivity contribution in [3.8, 4) is 0 Å². The van der Waals surface area contributed by atoms with Gasteiger partial charge < -0.3 is 5.11 Å². The fourth-order valence-corrected chi connectivity index (χ4v) is 3.68. The summed E-state index contributed by atoms with van der Waals surface area (Å²) in [5.41, 5.74) is 0.514. The van der Waals surface area contributed by atoms with Crippen molar-refractivity contribution < 1.29 is 5.11 Å². The van der Waals surface area contributed by atoms with E-state index in [0.717, 1.165) is 8.68 Å². The largest absolute Gasteiger partial charge is 0.391 e. The van der Waals surface area contributed by atoms with Crippen LogP contribution in [0.1, 0.15) is 5.56 Å². The molecule has 17 heavy (non-hydrogen) atoms. The third kappa shape index (κ3) is 3.08. The third-order valence-corrected chi connectivity index (χ3v) is 5.08. The molecule has 0 aliphatic heterocycles. The first-order chi connectivity index (χ1) is 8.24. The molecule has 9 heteroatoms. The highest BCUT2D eigenvalue weighted by atomic mass is 35.5. The Kier molecular flexibility index (Phi) is 4.57. The molecule has 2 aromatic rings. The number of aromatic nitrogens is 4. The standard InChI is InChI=1S/C8H7ClN4OS3/c1-15-7-12-13-8(17-7)16-6-4(2-14)5(9)10-3-11-6/h3,14H,2H2,1H3. The second-order valence-corrected chi connectivity index (χ2v) is 6.37. The van der Waals surface area contributed by atoms with E-state index in [2.05, 4.69) is 20.2 Å². The van der Waals surface area contributed by atoms with E-state index in [1.54, 1.807) is 0 Å². The Labute approximate surface area is 115 Å². The van der Waals surface area contributed by atoms with Crippen molar-refractivity contribution in [3.63, 3.8) is 0 Å². The van der Waals surface area contributed by atoms with Crippen LogP contribution in [0.2, 0.25) is 5.15 Å². The second-order valence-electron chi connectivity index (χ2n) is 2.75. The molecule has 0 aliphatic carbocycles. The molecule has 2 aromatic heterocycles. The van der Waals surface area contributed by atoms with Crippen molar-refractivity contribution in [3.05, 3.63) is 17.0 Å². The second kappa shape index (κ2) is 5.96. The summed E-state index contributed by atoms with van der Waals surface area (Å²) in [7, 11) is 0. The molecule has 1 N–H and O–H groups in total. The zero-order valence-electron chi connectivity index (χ0n) is 8.62. The van der Waals surface area contributed by atoms with Gasteiger partial charge in [-0.05, 0) is 18.0 Å². The molecule has 0 radical (unpaired) electrons. The van der Waals surface area contributed by atoms with Gasteiger partial charge in [0.2, 0.25) is 0 Å². The molecule has 90 valence electrons. The van der Waals surface area contributed by atoms with E-state index in [0.29, 0.717) is 10.6 Å². The van der Waals surface area contributed by atoms with E-state index in [4.69, 9.17) is 11.6 Å². The average Bonchev–Trinajstić information content (AvgIpc) is 2.77. The van der Waals surface area contributed by atoms with Gasteiger partial charge in [-0.15, -0.1) is 10.2 Å². The molecule has 2 rings (SSSR count). The van der Waals surface area contributed by atoms with Crippen molar-refractivity contribution >= 4 is 46.5 Å². The molecule has 0 saturated heterocycles. The van der Waals surface area contributed by atoms with E-state index in [-0.39, 0.29) is 11.8 Å². The van der Waals surface area contributed by atoms with E-state index in [1.165, 1.54) is 41.2 Å². The smallest absolute Gasteiger partial charge is 0.181 e. The molecule has 0 saturated carbocycles. The Bertz CT molecular complexity index is 521. The molecule has 2 heterocycles. The number of halogens is 1. The maximum Gasteiger partial charge on any atom is 0.181 e. The Morgan fingerprint density at radius 1 is 1.35 bits per heavy atom. The van der Waals surface area contributed by atoms with E-state index in [1.807, 2.05) is 6.26 Å². The van der Waals surface area contributed by atoms with E-state index >= 15 is 0 Å². The Balaban J connectivity index is 2.26. The lowest BCUT2D eigenvalue weighted by molar-refractivity contribution is 0.277. The van der Waals surface area contributed by atoms with Crippen molar-refractivity contribution in [1.29, 1.82) is 0 Å². The minimum Gasteiger partial charge on any atom is -0.391 e. The number of hydrogen-bond donors (Lipinski definition) is 1. The predicted octanol–water partition coefficient (Wildman–Crippen LogP) is 2.35. The molecule has 0 aromatic carbocycles. The summed E-state index contributed by atoms with van der Waals surface area (Å²) in [5.74, 6) is 0. The van der Waals surface area contributed by atoms with Gasteiger partial charge in [0, 0.05) is 5.56 Å². The summed E-state index contributed by atoms with van der Waals surface area (Å²) in [6.45, 7) is -0.198. The Morgan fingerprint density at radius 3 is 2.76 bits per heavy atom. The highest BCUT2D eigenvalue weighted by Gasteiger charge is 2.13. The number of thioether (sulfide) groups is 1. The van der Waals surface area contributed by atoms with E-state index < -0.39 is 0 Å². The van der Waals surface area contributed by atoms with E-state index in [9.17, 15) is 5.11 Å². The van der Waals surface area contributed by atoms with Crippen molar-refractivity contribution in [1.82, 2.24) is 20.2 Å². The highest BCUT2D eigenvalue weighted by molar-refractivity contribution is 8.03. The van der Waals surface area contributed by atoms with Crippen LogP contribution in [0, 0.1) is 0 Å². The topological polar surface area (TPSA) is 71.8 Å². The first kappa shape index (κ1) is 13.0. The first-order valence-corrected chi connectivity index (χ1v) is 7.63. The summed E-state index contributed by atoms with van der Waals surface area (Å²) in [6.07, 6.45) is 3.30. The van der Waals surface area contributed by atoms with Gasteiger partial charge in [0.25, 0.3) is 0 Å². The first-order valence-electron chi connectivity index (χ1n) is 4.40. The third-order valence-electron chi connectivity index (χ3n) is 1.76. The van der Waals surface area contributed by atoms with Crippen LogP contribution >= 0.6 is 46.5 Å². The molecular weight excluding hydrogens is 300 g/mol. The molecule has 0 spiro atoms.